The molecule has 0 bridgehead atoms. The van der Waals surface area contributed by atoms with Crippen LogP contribution in [0.3, 0.4) is 0 Å². The van der Waals surface area contributed by atoms with Crippen molar-refractivity contribution in [1.29, 1.82) is 0 Å². The van der Waals surface area contributed by atoms with Crippen molar-refractivity contribution in [3.05, 3.63) is 45.1 Å². The minimum Gasteiger partial charge on any atom is -0.482 e. The summed E-state index contributed by atoms with van der Waals surface area (Å²) in [6.07, 6.45) is 0. The molecule has 0 unspecified atom stereocenters. The Balaban J connectivity index is 1.74. The van der Waals surface area contributed by atoms with Crippen LogP contribution in [0.1, 0.15) is 28.2 Å². The molecule has 1 aromatic carbocycles. The lowest BCUT2D eigenvalue weighted by atomic mass is 10.1. The Morgan fingerprint density at radius 1 is 1.41 bits per heavy atom. The topological polar surface area (TPSA) is 67.4 Å². The number of carbonyl (C=O) groups is 2. The second-order valence-corrected chi connectivity index (χ2v) is 6.63. The van der Waals surface area contributed by atoms with E-state index in [1.54, 1.807) is 24.3 Å². The van der Waals surface area contributed by atoms with Crippen molar-refractivity contribution in [2.45, 2.75) is 13.0 Å². The van der Waals surface area contributed by atoms with E-state index in [2.05, 4.69) is 10.6 Å². The first kappa shape index (κ1) is 14.9. The van der Waals surface area contributed by atoms with Gasteiger partial charge >= 0.3 is 0 Å². The van der Waals surface area contributed by atoms with Crippen LogP contribution in [0.15, 0.2) is 30.3 Å². The van der Waals surface area contributed by atoms with Gasteiger partial charge in [-0.25, -0.2) is 0 Å². The molecule has 2 aromatic rings. The molecular weight excluding hydrogens is 324 g/mol. The first-order valence-electron chi connectivity index (χ1n) is 6.66. The summed E-state index contributed by atoms with van der Waals surface area (Å²) in [4.78, 5) is 24.5. The highest BCUT2D eigenvalue weighted by Gasteiger charge is 2.19. The van der Waals surface area contributed by atoms with E-state index in [1.807, 2.05) is 13.0 Å². The predicted octanol–water partition coefficient (Wildman–Crippen LogP) is 3.22. The lowest BCUT2D eigenvalue weighted by Gasteiger charge is -2.19. The zero-order chi connectivity index (χ0) is 15.7. The van der Waals surface area contributed by atoms with Crippen LogP contribution in [-0.2, 0) is 4.79 Å². The average molecular weight is 337 g/mol. The van der Waals surface area contributed by atoms with Crippen LogP contribution in [-0.4, -0.2) is 18.4 Å². The number of nitrogens with one attached hydrogen (secondary N) is 2. The Morgan fingerprint density at radius 2 is 2.23 bits per heavy atom. The van der Waals surface area contributed by atoms with Crippen LogP contribution in [0.5, 0.6) is 5.75 Å². The van der Waals surface area contributed by atoms with Gasteiger partial charge in [0, 0.05) is 10.4 Å². The van der Waals surface area contributed by atoms with Crippen molar-refractivity contribution in [3.8, 4) is 5.75 Å². The average Bonchev–Trinajstić information content (AvgIpc) is 2.93. The van der Waals surface area contributed by atoms with Gasteiger partial charge in [-0.05, 0) is 37.3 Å². The maximum absolute atomic E-state index is 12.3. The molecule has 2 amide bonds. The Labute approximate surface area is 136 Å². The largest absolute Gasteiger partial charge is 0.482 e. The minimum absolute atomic E-state index is 0.0395. The molecule has 0 saturated carbocycles. The van der Waals surface area contributed by atoms with Crippen LogP contribution >= 0.6 is 22.9 Å². The zero-order valence-corrected chi connectivity index (χ0v) is 13.3. The summed E-state index contributed by atoms with van der Waals surface area (Å²) in [6.45, 7) is 1.86. The van der Waals surface area contributed by atoms with Gasteiger partial charge in [0.05, 0.1) is 16.1 Å². The van der Waals surface area contributed by atoms with Crippen molar-refractivity contribution in [3.63, 3.8) is 0 Å². The molecule has 7 heteroatoms. The second kappa shape index (κ2) is 5.98. The highest BCUT2D eigenvalue weighted by Crippen LogP contribution is 2.29. The highest BCUT2D eigenvalue weighted by molar-refractivity contribution is 7.16. The van der Waals surface area contributed by atoms with Gasteiger partial charge in [0.25, 0.3) is 11.8 Å². The Hall–Kier alpha value is -2.05. The number of amides is 2. The maximum atomic E-state index is 12.3. The van der Waals surface area contributed by atoms with Gasteiger partial charge in [0.15, 0.2) is 6.61 Å². The van der Waals surface area contributed by atoms with Gasteiger partial charge in [-0.15, -0.1) is 11.3 Å². The number of thiophene rings is 1. The number of rotatable bonds is 3. The lowest BCUT2D eigenvalue weighted by Crippen LogP contribution is -2.28. The van der Waals surface area contributed by atoms with Crippen molar-refractivity contribution in [2.24, 2.45) is 0 Å². The summed E-state index contributed by atoms with van der Waals surface area (Å²) in [5.74, 6) is 0.0901. The van der Waals surface area contributed by atoms with Crippen molar-refractivity contribution in [2.75, 3.05) is 11.9 Å². The number of fused-ring (bicyclic) bond motifs is 1. The van der Waals surface area contributed by atoms with Crippen LogP contribution in [0, 0.1) is 0 Å². The monoisotopic (exact) mass is 336 g/mol. The van der Waals surface area contributed by atoms with Crippen LogP contribution < -0.4 is 15.4 Å². The molecule has 22 heavy (non-hydrogen) atoms. The fraction of sp³-hybridized carbons (Fsp3) is 0.200. The standard InChI is InChI=1S/C15H13ClN2O3S/c1-8(12-4-5-13(16)22-12)17-15(20)9-2-3-10-11(6-9)21-7-14(19)18-10/h2-6,8H,7H2,1H3,(H,17,20)(H,18,19)/t8-/m1/s1. The molecule has 0 aliphatic carbocycles. The summed E-state index contributed by atoms with van der Waals surface area (Å²) >= 11 is 7.34. The molecule has 1 aliphatic heterocycles. The van der Waals surface area contributed by atoms with E-state index in [4.69, 9.17) is 16.3 Å². The van der Waals surface area contributed by atoms with E-state index in [1.165, 1.54) is 11.3 Å². The van der Waals surface area contributed by atoms with Gasteiger partial charge in [0.2, 0.25) is 0 Å². The number of carbonyl (C=O) groups excluding carboxylic acids is 2. The van der Waals surface area contributed by atoms with E-state index in [0.717, 1.165) is 4.88 Å². The van der Waals surface area contributed by atoms with Gasteiger partial charge in [0.1, 0.15) is 5.75 Å². The Kier molecular flexibility index (Phi) is 4.04. The Bertz CT molecular complexity index is 744. The molecule has 3 rings (SSSR count). The quantitative estimate of drug-likeness (QED) is 0.904. The molecule has 0 radical (unpaired) electrons. The fourth-order valence-corrected chi connectivity index (χ4v) is 3.19. The van der Waals surface area contributed by atoms with Crippen LogP contribution in [0.25, 0.3) is 0 Å². The normalized spacial score (nSPS) is 14.5. The smallest absolute Gasteiger partial charge is 0.262 e. The van der Waals surface area contributed by atoms with Crippen LogP contribution in [0.4, 0.5) is 5.69 Å². The first-order chi connectivity index (χ1) is 10.5. The van der Waals surface area contributed by atoms with Crippen molar-refractivity contribution >= 4 is 40.4 Å². The molecule has 0 saturated heterocycles. The molecule has 1 atom stereocenters. The predicted molar refractivity (Wildman–Crippen MR) is 85.8 cm³/mol. The van der Waals surface area contributed by atoms with E-state index < -0.39 is 0 Å². The van der Waals surface area contributed by atoms with Crippen molar-refractivity contribution in [1.82, 2.24) is 5.32 Å². The highest BCUT2D eigenvalue weighted by atomic mass is 35.5. The molecule has 0 fully saturated rings. The summed E-state index contributed by atoms with van der Waals surface area (Å²) in [5.41, 5.74) is 1.05. The molecule has 0 spiro atoms. The number of halogens is 1. The summed E-state index contributed by atoms with van der Waals surface area (Å²) in [7, 11) is 0. The molecule has 2 heterocycles. The summed E-state index contributed by atoms with van der Waals surface area (Å²) in [6, 6.07) is 8.49. The van der Waals surface area contributed by atoms with Crippen molar-refractivity contribution < 1.29 is 14.3 Å². The lowest BCUT2D eigenvalue weighted by molar-refractivity contribution is -0.118. The maximum Gasteiger partial charge on any atom is 0.262 e. The molecule has 1 aliphatic rings. The van der Waals surface area contributed by atoms with Gasteiger partial charge in [-0.1, -0.05) is 11.6 Å². The summed E-state index contributed by atoms with van der Waals surface area (Å²) in [5, 5.41) is 5.60. The van der Waals surface area contributed by atoms with Gasteiger partial charge in [-0.2, -0.15) is 0 Å². The summed E-state index contributed by atoms with van der Waals surface area (Å²) < 4.78 is 6.00. The minimum atomic E-state index is -0.208. The second-order valence-electron chi connectivity index (χ2n) is 4.88. The first-order valence-corrected chi connectivity index (χ1v) is 7.85. The number of benzene rings is 1. The molecule has 1 aromatic heterocycles. The number of ether oxygens (including phenoxy) is 1. The number of hydrogen-bond acceptors (Lipinski definition) is 4. The molecule has 2 N–H and O–H groups in total. The third-order valence-corrected chi connectivity index (χ3v) is 4.66. The van der Waals surface area contributed by atoms with Crippen LogP contribution in [0.2, 0.25) is 4.34 Å². The Morgan fingerprint density at radius 3 is 2.95 bits per heavy atom. The van der Waals surface area contributed by atoms with E-state index in [-0.39, 0.29) is 24.5 Å². The number of anilines is 1. The van der Waals surface area contributed by atoms with E-state index >= 15 is 0 Å². The number of hydrogen-bond donors (Lipinski definition) is 2. The SMILES string of the molecule is C[C@@H](NC(=O)c1ccc2c(c1)OCC(=O)N2)c1ccc(Cl)s1. The molecular formula is C15H13ClN2O3S. The van der Waals surface area contributed by atoms with E-state index in [9.17, 15) is 9.59 Å². The van der Waals surface area contributed by atoms with Gasteiger partial charge in [-0.3, -0.25) is 9.59 Å². The molecule has 114 valence electrons. The third kappa shape index (κ3) is 3.08. The van der Waals surface area contributed by atoms with Gasteiger partial charge < -0.3 is 15.4 Å². The fourth-order valence-electron chi connectivity index (χ4n) is 2.13. The molecule has 5 nitrogen and oxygen atoms in total. The van der Waals surface area contributed by atoms with E-state index in [0.29, 0.717) is 21.3 Å². The third-order valence-electron chi connectivity index (χ3n) is 3.25. The zero-order valence-electron chi connectivity index (χ0n) is 11.7.